The molecule has 1 aromatic heterocycles. The van der Waals surface area contributed by atoms with Crippen LogP contribution in [0.2, 0.25) is 0 Å². The highest BCUT2D eigenvalue weighted by molar-refractivity contribution is 7.15. The molecule has 27 heavy (non-hydrogen) atoms. The Balaban J connectivity index is 1.87. The Labute approximate surface area is 166 Å². The first-order chi connectivity index (χ1) is 13.1. The van der Waals surface area contributed by atoms with Gasteiger partial charge in [-0.1, -0.05) is 78.4 Å². The van der Waals surface area contributed by atoms with Crippen molar-refractivity contribution in [2.45, 2.75) is 26.7 Å². The van der Waals surface area contributed by atoms with Crippen LogP contribution in [0, 0.1) is 20.8 Å². The van der Waals surface area contributed by atoms with Crippen LogP contribution >= 0.6 is 11.3 Å². The van der Waals surface area contributed by atoms with Gasteiger partial charge < -0.3 is 0 Å². The average molecular weight is 369 g/mol. The molecule has 0 nitrogen and oxygen atoms in total. The summed E-state index contributed by atoms with van der Waals surface area (Å²) < 4.78 is 0. The molecule has 1 heteroatoms. The molecule has 4 aromatic rings. The van der Waals surface area contributed by atoms with Crippen molar-refractivity contribution in [3.8, 4) is 10.4 Å². The van der Waals surface area contributed by atoms with Crippen LogP contribution in [-0.4, -0.2) is 0 Å². The summed E-state index contributed by atoms with van der Waals surface area (Å²) in [5.74, 6) is 0.272. The highest BCUT2D eigenvalue weighted by atomic mass is 32.1. The quantitative estimate of drug-likeness (QED) is 0.349. The van der Waals surface area contributed by atoms with Gasteiger partial charge in [0.05, 0.1) is 0 Å². The number of hydrogen-bond donors (Lipinski definition) is 0. The van der Waals surface area contributed by atoms with Crippen LogP contribution < -0.4 is 0 Å². The van der Waals surface area contributed by atoms with Gasteiger partial charge in [-0.25, -0.2) is 0 Å². The van der Waals surface area contributed by atoms with Gasteiger partial charge in [-0.15, -0.1) is 11.3 Å². The maximum atomic E-state index is 2.31. The largest absolute Gasteiger partial charge is 0.139 e. The van der Waals surface area contributed by atoms with Crippen LogP contribution in [0.15, 0.2) is 84.9 Å². The Morgan fingerprint density at radius 3 is 1.89 bits per heavy atom. The highest BCUT2D eigenvalue weighted by Crippen LogP contribution is 2.41. The van der Waals surface area contributed by atoms with E-state index in [2.05, 4.69) is 106 Å². The Hall–Kier alpha value is -2.64. The molecule has 0 aliphatic rings. The van der Waals surface area contributed by atoms with Crippen molar-refractivity contribution in [2.24, 2.45) is 0 Å². The molecule has 0 saturated carbocycles. The van der Waals surface area contributed by atoms with Crippen molar-refractivity contribution in [2.75, 3.05) is 0 Å². The minimum Gasteiger partial charge on any atom is -0.139 e. The van der Waals surface area contributed by atoms with E-state index in [1.807, 2.05) is 11.3 Å². The number of aryl methyl sites for hydroxylation is 3. The fourth-order valence-electron chi connectivity index (χ4n) is 4.03. The smallest absolute Gasteiger partial charge is 0.0439 e. The second kappa shape index (κ2) is 7.54. The van der Waals surface area contributed by atoms with E-state index in [4.69, 9.17) is 0 Å². The minimum absolute atomic E-state index is 0.272. The van der Waals surface area contributed by atoms with Crippen LogP contribution in [0.3, 0.4) is 0 Å². The molecule has 134 valence electrons. The zero-order chi connectivity index (χ0) is 18.8. The van der Waals surface area contributed by atoms with Gasteiger partial charge in [-0.05, 0) is 60.7 Å². The molecule has 0 spiro atoms. The molecule has 0 saturated heterocycles. The van der Waals surface area contributed by atoms with Crippen molar-refractivity contribution in [3.63, 3.8) is 0 Å². The molecule has 1 atom stereocenters. The third-order valence-electron chi connectivity index (χ3n) is 5.13. The Bertz CT molecular complexity index is 1020. The summed E-state index contributed by atoms with van der Waals surface area (Å²) in [5, 5.41) is 0. The lowest BCUT2D eigenvalue weighted by atomic mass is 9.84. The molecule has 0 aliphatic heterocycles. The van der Waals surface area contributed by atoms with Crippen LogP contribution in [0.5, 0.6) is 0 Å². The summed E-state index contributed by atoms with van der Waals surface area (Å²) in [6.45, 7) is 6.67. The average Bonchev–Trinajstić information content (AvgIpc) is 3.15. The van der Waals surface area contributed by atoms with Crippen molar-refractivity contribution in [3.05, 3.63) is 118 Å². The third-order valence-corrected chi connectivity index (χ3v) is 6.33. The summed E-state index contributed by atoms with van der Waals surface area (Å²) in [5.41, 5.74) is 8.16. The lowest BCUT2D eigenvalue weighted by molar-refractivity contribution is 0.968. The first-order valence-electron chi connectivity index (χ1n) is 9.41. The first kappa shape index (κ1) is 17.8. The molecule has 0 amide bonds. The maximum Gasteiger partial charge on any atom is 0.0439 e. The fourth-order valence-corrected chi connectivity index (χ4v) is 5.18. The lowest BCUT2D eigenvalue weighted by Crippen LogP contribution is -2.06. The summed E-state index contributed by atoms with van der Waals surface area (Å²) in [7, 11) is 0. The van der Waals surface area contributed by atoms with E-state index >= 15 is 0 Å². The van der Waals surface area contributed by atoms with Gasteiger partial charge in [0, 0.05) is 15.7 Å². The van der Waals surface area contributed by atoms with Gasteiger partial charge in [0.15, 0.2) is 0 Å². The Kier molecular flexibility index (Phi) is 4.96. The molecule has 1 unspecified atom stereocenters. The SMILES string of the molecule is Cc1cc(C)c(C(c2ccccc2)c2ccc(-c3ccccc3)s2)c(C)c1. The second-order valence-corrected chi connectivity index (χ2v) is 8.34. The minimum atomic E-state index is 0.272. The van der Waals surface area contributed by atoms with Crippen LogP contribution in [0.25, 0.3) is 10.4 Å². The monoisotopic (exact) mass is 368 g/mol. The van der Waals surface area contributed by atoms with E-state index in [9.17, 15) is 0 Å². The Morgan fingerprint density at radius 2 is 1.26 bits per heavy atom. The molecule has 0 fully saturated rings. The summed E-state index contributed by atoms with van der Waals surface area (Å²) >= 11 is 1.91. The van der Waals surface area contributed by atoms with Crippen molar-refractivity contribution in [1.29, 1.82) is 0 Å². The summed E-state index contributed by atoms with van der Waals surface area (Å²) in [6, 6.07) is 30.8. The maximum absolute atomic E-state index is 2.31. The number of hydrogen-bond acceptors (Lipinski definition) is 1. The number of rotatable bonds is 4. The molecule has 0 radical (unpaired) electrons. The van der Waals surface area contributed by atoms with Gasteiger partial charge in [0.25, 0.3) is 0 Å². The molecule has 0 aliphatic carbocycles. The molecular formula is C26H24S. The van der Waals surface area contributed by atoms with E-state index in [0.717, 1.165) is 0 Å². The van der Waals surface area contributed by atoms with Crippen LogP contribution in [-0.2, 0) is 0 Å². The van der Waals surface area contributed by atoms with Gasteiger partial charge in [0.1, 0.15) is 0 Å². The van der Waals surface area contributed by atoms with Crippen LogP contribution in [0.1, 0.15) is 38.6 Å². The second-order valence-electron chi connectivity index (χ2n) is 7.22. The molecule has 0 bridgehead atoms. The van der Waals surface area contributed by atoms with Crippen molar-refractivity contribution < 1.29 is 0 Å². The van der Waals surface area contributed by atoms with E-state index in [-0.39, 0.29) is 5.92 Å². The van der Waals surface area contributed by atoms with E-state index in [1.165, 1.54) is 43.1 Å². The Morgan fingerprint density at radius 1 is 0.667 bits per heavy atom. The molecule has 4 rings (SSSR count). The van der Waals surface area contributed by atoms with E-state index in [1.54, 1.807) is 0 Å². The normalized spacial score (nSPS) is 12.1. The fraction of sp³-hybridized carbons (Fsp3) is 0.154. The topological polar surface area (TPSA) is 0 Å². The predicted octanol–water partition coefficient (Wildman–Crippen LogP) is 7.52. The van der Waals surface area contributed by atoms with Gasteiger partial charge in [0.2, 0.25) is 0 Å². The predicted molar refractivity (Wildman–Crippen MR) is 118 cm³/mol. The van der Waals surface area contributed by atoms with Gasteiger partial charge in [-0.2, -0.15) is 0 Å². The number of benzene rings is 3. The first-order valence-corrected chi connectivity index (χ1v) is 10.2. The van der Waals surface area contributed by atoms with Crippen molar-refractivity contribution in [1.82, 2.24) is 0 Å². The molecule has 0 N–H and O–H groups in total. The molecule has 1 heterocycles. The van der Waals surface area contributed by atoms with Crippen molar-refractivity contribution >= 4 is 11.3 Å². The molecule has 3 aromatic carbocycles. The molecular weight excluding hydrogens is 344 g/mol. The third kappa shape index (κ3) is 3.61. The van der Waals surface area contributed by atoms with E-state index < -0.39 is 0 Å². The van der Waals surface area contributed by atoms with E-state index in [0.29, 0.717) is 0 Å². The summed E-state index contributed by atoms with van der Waals surface area (Å²) in [6.07, 6.45) is 0. The van der Waals surface area contributed by atoms with Crippen LogP contribution in [0.4, 0.5) is 0 Å². The standard InChI is InChI=1S/C26H24S/c1-18-16-19(2)25(20(3)17-18)26(22-12-8-5-9-13-22)24-15-14-23(27-24)21-10-6-4-7-11-21/h4-17,26H,1-3H3. The number of thiophene rings is 1. The zero-order valence-corrected chi connectivity index (χ0v) is 16.9. The highest BCUT2D eigenvalue weighted by Gasteiger charge is 2.22. The van der Waals surface area contributed by atoms with Gasteiger partial charge in [-0.3, -0.25) is 0 Å². The van der Waals surface area contributed by atoms with Gasteiger partial charge >= 0.3 is 0 Å². The zero-order valence-electron chi connectivity index (χ0n) is 16.1. The lowest BCUT2D eigenvalue weighted by Gasteiger charge is -2.22. The summed E-state index contributed by atoms with van der Waals surface area (Å²) in [4.78, 5) is 2.73.